The average molecular weight is 278 g/mol. The monoisotopic (exact) mass is 278 g/mol. The minimum atomic E-state index is -0.202. The quantitative estimate of drug-likeness (QED) is 0.801. The zero-order valence-electron chi connectivity index (χ0n) is 11.5. The van der Waals surface area contributed by atoms with Gasteiger partial charge in [0.25, 0.3) is 5.91 Å². The van der Waals surface area contributed by atoms with E-state index in [-0.39, 0.29) is 5.91 Å². The number of carbonyl (C=O) groups excluding carboxylic acids is 1. The molecule has 104 valence electrons. The summed E-state index contributed by atoms with van der Waals surface area (Å²) < 4.78 is 1.73. The molecule has 0 unspecified atom stereocenters. The normalized spacial score (nSPS) is 10.3. The Kier molecular flexibility index (Phi) is 3.47. The van der Waals surface area contributed by atoms with Crippen molar-refractivity contribution >= 4 is 11.7 Å². The van der Waals surface area contributed by atoms with Crippen molar-refractivity contribution in [3.8, 4) is 5.69 Å². The Balaban J connectivity index is 1.78. The number of carbonyl (C=O) groups is 1. The van der Waals surface area contributed by atoms with Crippen LogP contribution in [0.15, 0.2) is 61.1 Å². The fraction of sp³-hybridized carbons (Fsp3) is 0.0625. The van der Waals surface area contributed by atoms with Crippen molar-refractivity contribution in [3.05, 3.63) is 72.2 Å². The number of pyridine rings is 1. The van der Waals surface area contributed by atoms with E-state index in [1.54, 1.807) is 35.3 Å². The fourth-order valence-corrected chi connectivity index (χ4v) is 2.00. The molecule has 5 heteroatoms. The van der Waals surface area contributed by atoms with Gasteiger partial charge in [-0.1, -0.05) is 12.1 Å². The van der Waals surface area contributed by atoms with Crippen LogP contribution < -0.4 is 5.32 Å². The molecule has 0 radical (unpaired) electrons. The molecule has 0 saturated carbocycles. The lowest BCUT2D eigenvalue weighted by Gasteiger charge is -2.03. The summed E-state index contributed by atoms with van der Waals surface area (Å²) in [6.07, 6.45) is 4.98. The van der Waals surface area contributed by atoms with Gasteiger partial charge in [-0.15, -0.1) is 0 Å². The lowest BCUT2D eigenvalue weighted by molar-refractivity contribution is 0.102. The SMILES string of the molecule is Cc1cccc(-n2ccc(NC(=O)c3ccncc3)n2)c1. The van der Waals surface area contributed by atoms with Crippen LogP contribution in [0.1, 0.15) is 15.9 Å². The Morgan fingerprint density at radius 2 is 1.95 bits per heavy atom. The molecule has 0 spiro atoms. The van der Waals surface area contributed by atoms with Crippen molar-refractivity contribution in [1.29, 1.82) is 0 Å². The molecule has 0 aliphatic rings. The number of hydrogen-bond acceptors (Lipinski definition) is 3. The standard InChI is InChI=1S/C16H14N4O/c1-12-3-2-4-14(11-12)20-10-7-15(19-20)18-16(21)13-5-8-17-9-6-13/h2-11H,1H3,(H,18,19,21). The second kappa shape index (κ2) is 5.58. The zero-order chi connectivity index (χ0) is 14.7. The largest absolute Gasteiger partial charge is 0.305 e. The van der Waals surface area contributed by atoms with Crippen LogP contribution in [0.25, 0.3) is 5.69 Å². The molecule has 5 nitrogen and oxygen atoms in total. The van der Waals surface area contributed by atoms with Crippen LogP contribution in [-0.4, -0.2) is 20.7 Å². The van der Waals surface area contributed by atoms with Crippen molar-refractivity contribution < 1.29 is 4.79 Å². The number of benzene rings is 1. The first-order valence-corrected chi connectivity index (χ1v) is 6.56. The molecule has 2 aromatic heterocycles. The van der Waals surface area contributed by atoms with Gasteiger partial charge < -0.3 is 5.32 Å². The topological polar surface area (TPSA) is 59.8 Å². The van der Waals surface area contributed by atoms with Gasteiger partial charge in [0.2, 0.25) is 0 Å². The Hall–Kier alpha value is -2.95. The Labute approximate surface area is 122 Å². The lowest BCUT2D eigenvalue weighted by atomic mass is 10.2. The number of rotatable bonds is 3. The van der Waals surface area contributed by atoms with E-state index >= 15 is 0 Å². The average Bonchev–Trinajstić information content (AvgIpc) is 2.97. The van der Waals surface area contributed by atoms with Crippen LogP contribution in [0.3, 0.4) is 0 Å². The van der Waals surface area contributed by atoms with E-state index in [1.807, 2.05) is 37.4 Å². The second-order valence-corrected chi connectivity index (χ2v) is 4.67. The molecule has 0 aliphatic heterocycles. The Bertz CT molecular complexity index is 765. The van der Waals surface area contributed by atoms with Gasteiger partial charge >= 0.3 is 0 Å². The number of aryl methyl sites for hydroxylation is 1. The van der Waals surface area contributed by atoms with Gasteiger partial charge in [0.05, 0.1) is 5.69 Å². The highest BCUT2D eigenvalue weighted by molar-refractivity contribution is 6.03. The van der Waals surface area contributed by atoms with Crippen LogP contribution in [0.2, 0.25) is 0 Å². The smallest absolute Gasteiger partial charge is 0.256 e. The van der Waals surface area contributed by atoms with Gasteiger partial charge in [-0.05, 0) is 36.8 Å². The summed E-state index contributed by atoms with van der Waals surface area (Å²) in [6.45, 7) is 2.03. The van der Waals surface area contributed by atoms with Gasteiger partial charge in [-0.3, -0.25) is 9.78 Å². The molecule has 2 heterocycles. The molecular weight excluding hydrogens is 264 g/mol. The van der Waals surface area contributed by atoms with Crippen LogP contribution in [-0.2, 0) is 0 Å². The molecule has 3 aromatic rings. The third kappa shape index (κ3) is 2.97. The van der Waals surface area contributed by atoms with Gasteiger partial charge in [0, 0.05) is 30.2 Å². The minimum absolute atomic E-state index is 0.202. The van der Waals surface area contributed by atoms with Gasteiger partial charge in [-0.25, -0.2) is 4.68 Å². The maximum atomic E-state index is 12.0. The summed E-state index contributed by atoms with van der Waals surface area (Å²) in [5.74, 6) is 0.310. The van der Waals surface area contributed by atoms with E-state index in [2.05, 4.69) is 15.4 Å². The Morgan fingerprint density at radius 3 is 2.71 bits per heavy atom. The third-order valence-electron chi connectivity index (χ3n) is 3.04. The van der Waals surface area contributed by atoms with Crippen molar-refractivity contribution in [2.45, 2.75) is 6.92 Å². The molecule has 3 rings (SSSR count). The van der Waals surface area contributed by atoms with E-state index in [0.717, 1.165) is 11.3 Å². The van der Waals surface area contributed by atoms with Gasteiger partial charge in [-0.2, -0.15) is 5.10 Å². The molecule has 0 fully saturated rings. The predicted molar refractivity (Wildman–Crippen MR) is 80.5 cm³/mol. The summed E-state index contributed by atoms with van der Waals surface area (Å²) in [5.41, 5.74) is 2.67. The molecule has 1 amide bonds. The van der Waals surface area contributed by atoms with Crippen LogP contribution in [0.5, 0.6) is 0 Å². The summed E-state index contributed by atoms with van der Waals surface area (Å²) in [5, 5.41) is 7.12. The van der Waals surface area contributed by atoms with Crippen LogP contribution >= 0.6 is 0 Å². The summed E-state index contributed by atoms with van der Waals surface area (Å²) in [7, 11) is 0. The highest BCUT2D eigenvalue weighted by Crippen LogP contribution is 2.12. The number of anilines is 1. The number of nitrogens with zero attached hydrogens (tertiary/aromatic N) is 3. The second-order valence-electron chi connectivity index (χ2n) is 4.67. The minimum Gasteiger partial charge on any atom is -0.305 e. The third-order valence-corrected chi connectivity index (χ3v) is 3.04. The van der Waals surface area contributed by atoms with E-state index in [1.165, 1.54) is 0 Å². The van der Waals surface area contributed by atoms with Gasteiger partial charge in [0.15, 0.2) is 5.82 Å². The predicted octanol–water partition coefficient (Wildman–Crippen LogP) is 2.83. The number of amides is 1. The van der Waals surface area contributed by atoms with Crippen molar-refractivity contribution in [1.82, 2.24) is 14.8 Å². The Morgan fingerprint density at radius 1 is 1.14 bits per heavy atom. The van der Waals surface area contributed by atoms with E-state index in [0.29, 0.717) is 11.4 Å². The van der Waals surface area contributed by atoms with E-state index in [9.17, 15) is 4.79 Å². The molecule has 21 heavy (non-hydrogen) atoms. The molecule has 0 bridgehead atoms. The van der Waals surface area contributed by atoms with Gasteiger partial charge in [0.1, 0.15) is 0 Å². The summed E-state index contributed by atoms with van der Waals surface area (Å²) in [6, 6.07) is 13.1. The van der Waals surface area contributed by atoms with Crippen molar-refractivity contribution in [3.63, 3.8) is 0 Å². The van der Waals surface area contributed by atoms with Crippen molar-refractivity contribution in [2.75, 3.05) is 5.32 Å². The van der Waals surface area contributed by atoms with E-state index in [4.69, 9.17) is 0 Å². The highest BCUT2D eigenvalue weighted by atomic mass is 16.1. The molecule has 0 aliphatic carbocycles. The van der Waals surface area contributed by atoms with E-state index < -0.39 is 0 Å². The maximum Gasteiger partial charge on any atom is 0.256 e. The van der Waals surface area contributed by atoms with Crippen LogP contribution in [0.4, 0.5) is 5.82 Å². The highest BCUT2D eigenvalue weighted by Gasteiger charge is 2.08. The zero-order valence-corrected chi connectivity index (χ0v) is 11.5. The first kappa shape index (κ1) is 13.1. The summed E-state index contributed by atoms with van der Waals surface area (Å²) in [4.78, 5) is 15.9. The molecule has 0 atom stereocenters. The number of aromatic nitrogens is 3. The molecular formula is C16H14N4O. The van der Waals surface area contributed by atoms with Crippen molar-refractivity contribution in [2.24, 2.45) is 0 Å². The molecule has 1 N–H and O–H groups in total. The first-order chi connectivity index (χ1) is 10.2. The van der Waals surface area contributed by atoms with Crippen LogP contribution in [0, 0.1) is 6.92 Å². The molecule has 1 aromatic carbocycles. The summed E-state index contributed by atoms with van der Waals surface area (Å²) >= 11 is 0. The molecule has 0 saturated heterocycles. The number of nitrogens with one attached hydrogen (secondary N) is 1. The number of hydrogen-bond donors (Lipinski definition) is 1. The first-order valence-electron chi connectivity index (χ1n) is 6.56. The maximum absolute atomic E-state index is 12.0. The lowest BCUT2D eigenvalue weighted by Crippen LogP contribution is -2.12. The fourth-order valence-electron chi connectivity index (χ4n) is 2.00.